The molecule has 0 aliphatic heterocycles. The van der Waals surface area contributed by atoms with Crippen molar-refractivity contribution in [3.05, 3.63) is 59.9 Å². The van der Waals surface area contributed by atoms with Crippen molar-refractivity contribution in [2.75, 3.05) is 6.61 Å². The third-order valence-corrected chi connectivity index (χ3v) is 4.90. The molecule has 0 saturated carbocycles. The number of ether oxygens (including phenoxy) is 1. The zero-order valence-electron chi connectivity index (χ0n) is 16.9. The smallest absolute Gasteiger partial charge is 0.220 e. The zero-order chi connectivity index (χ0) is 19.9. The first-order chi connectivity index (χ1) is 13.6. The minimum Gasteiger partial charge on any atom is -0.494 e. The van der Waals surface area contributed by atoms with E-state index in [-0.39, 0.29) is 11.9 Å². The molecule has 0 aliphatic rings. The van der Waals surface area contributed by atoms with Crippen LogP contribution in [0.25, 0.3) is 11.0 Å². The lowest BCUT2D eigenvalue weighted by atomic mass is 10.2. The van der Waals surface area contributed by atoms with Crippen LogP contribution in [0.3, 0.4) is 0 Å². The average Bonchev–Trinajstić information content (AvgIpc) is 3.10. The summed E-state index contributed by atoms with van der Waals surface area (Å²) >= 11 is 0. The summed E-state index contributed by atoms with van der Waals surface area (Å²) in [7, 11) is 0. The first-order valence-corrected chi connectivity index (χ1v) is 10.1. The molecule has 28 heavy (non-hydrogen) atoms. The number of nitrogens with one attached hydrogen (secondary N) is 1. The van der Waals surface area contributed by atoms with E-state index in [0.29, 0.717) is 13.0 Å². The highest BCUT2D eigenvalue weighted by molar-refractivity contribution is 5.77. The predicted octanol–water partition coefficient (Wildman–Crippen LogP) is 4.66. The molecule has 3 aromatic rings. The molecule has 0 spiro atoms. The van der Waals surface area contributed by atoms with Crippen LogP contribution in [0.1, 0.15) is 51.0 Å². The largest absolute Gasteiger partial charge is 0.494 e. The van der Waals surface area contributed by atoms with E-state index >= 15 is 0 Å². The number of para-hydroxylation sites is 2. The molecule has 1 unspecified atom stereocenters. The highest BCUT2D eigenvalue weighted by Crippen LogP contribution is 2.21. The van der Waals surface area contributed by atoms with Crippen molar-refractivity contribution in [2.24, 2.45) is 0 Å². The van der Waals surface area contributed by atoms with Crippen molar-refractivity contribution in [1.82, 2.24) is 14.9 Å². The van der Waals surface area contributed by atoms with E-state index in [2.05, 4.69) is 35.0 Å². The van der Waals surface area contributed by atoms with Crippen LogP contribution in [-0.4, -0.2) is 22.1 Å². The van der Waals surface area contributed by atoms with Gasteiger partial charge in [-0.25, -0.2) is 4.98 Å². The molecule has 1 atom stereocenters. The van der Waals surface area contributed by atoms with E-state index in [0.717, 1.165) is 42.0 Å². The molecule has 5 heteroatoms. The molecule has 1 amide bonds. The van der Waals surface area contributed by atoms with Gasteiger partial charge in [-0.05, 0) is 49.6 Å². The first-order valence-electron chi connectivity index (χ1n) is 10.1. The maximum absolute atomic E-state index is 11.8. The topological polar surface area (TPSA) is 56.2 Å². The van der Waals surface area contributed by atoms with Crippen LogP contribution in [0.15, 0.2) is 48.5 Å². The van der Waals surface area contributed by atoms with Crippen LogP contribution in [0, 0.1) is 0 Å². The number of benzene rings is 2. The van der Waals surface area contributed by atoms with Crippen LogP contribution >= 0.6 is 0 Å². The Morgan fingerprint density at radius 1 is 1.14 bits per heavy atom. The van der Waals surface area contributed by atoms with Crippen molar-refractivity contribution in [2.45, 2.75) is 52.6 Å². The number of aromatic nitrogens is 2. The lowest BCUT2D eigenvalue weighted by Gasteiger charge is -2.16. The lowest BCUT2D eigenvalue weighted by molar-refractivity contribution is -0.121. The van der Waals surface area contributed by atoms with Gasteiger partial charge in [0.25, 0.3) is 0 Å². The van der Waals surface area contributed by atoms with Crippen molar-refractivity contribution >= 4 is 16.9 Å². The Balaban J connectivity index is 1.68. The standard InChI is InChI=1S/C23H29N3O2/c1-4-18-11-13-19(14-12-18)28-16-8-15-26-21-10-7-6-9-20(21)25-23(26)17(3)24-22(27)5-2/h6-7,9-14,17H,4-5,8,15-16H2,1-3H3,(H,24,27). The number of amides is 1. The number of rotatable bonds is 9. The Kier molecular flexibility index (Phi) is 6.69. The SMILES string of the molecule is CCC(=O)NC(C)c1nc2ccccc2n1CCCOc1ccc(CC)cc1. The second kappa shape index (κ2) is 9.40. The van der Waals surface area contributed by atoms with Gasteiger partial charge in [0.1, 0.15) is 11.6 Å². The molecule has 0 bridgehead atoms. The Labute approximate surface area is 166 Å². The summed E-state index contributed by atoms with van der Waals surface area (Å²) in [6, 6.07) is 16.2. The minimum absolute atomic E-state index is 0.0324. The molecule has 5 nitrogen and oxygen atoms in total. The maximum Gasteiger partial charge on any atom is 0.220 e. The normalized spacial score (nSPS) is 12.1. The third-order valence-electron chi connectivity index (χ3n) is 4.90. The van der Waals surface area contributed by atoms with Crippen LogP contribution in [0.2, 0.25) is 0 Å². The molecule has 0 fully saturated rings. The Morgan fingerprint density at radius 3 is 2.61 bits per heavy atom. The molecular weight excluding hydrogens is 350 g/mol. The Morgan fingerprint density at radius 2 is 1.89 bits per heavy atom. The van der Waals surface area contributed by atoms with E-state index in [1.165, 1.54) is 5.56 Å². The van der Waals surface area contributed by atoms with Crippen LogP contribution < -0.4 is 10.1 Å². The second-order valence-corrected chi connectivity index (χ2v) is 6.95. The van der Waals surface area contributed by atoms with Crippen LogP contribution in [0.4, 0.5) is 0 Å². The van der Waals surface area contributed by atoms with Gasteiger partial charge in [-0.1, -0.05) is 38.1 Å². The molecule has 1 N–H and O–H groups in total. The van der Waals surface area contributed by atoms with Gasteiger partial charge in [-0.3, -0.25) is 4.79 Å². The Bertz CT molecular complexity index is 915. The monoisotopic (exact) mass is 379 g/mol. The lowest BCUT2D eigenvalue weighted by Crippen LogP contribution is -2.28. The predicted molar refractivity (Wildman–Crippen MR) is 113 cm³/mol. The molecule has 148 valence electrons. The number of imidazole rings is 1. The van der Waals surface area contributed by atoms with E-state index in [4.69, 9.17) is 9.72 Å². The second-order valence-electron chi connectivity index (χ2n) is 6.95. The summed E-state index contributed by atoms with van der Waals surface area (Å²) in [5.74, 6) is 1.82. The molecule has 3 rings (SSSR count). The van der Waals surface area contributed by atoms with E-state index in [1.54, 1.807) is 0 Å². The van der Waals surface area contributed by atoms with Crippen LogP contribution in [0.5, 0.6) is 5.75 Å². The fourth-order valence-corrected chi connectivity index (χ4v) is 3.30. The zero-order valence-corrected chi connectivity index (χ0v) is 16.9. The fraction of sp³-hybridized carbons (Fsp3) is 0.391. The summed E-state index contributed by atoms with van der Waals surface area (Å²) in [4.78, 5) is 16.6. The van der Waals surface area contributed by atoms with Crippen molar-refractivity contribution in [3.8, 4) is 5.75 Å². The number of nitrogens with zero attached hydrogens (tertiary/aromatic N) is 2. The van der Waals surface area contributed by atoms with E-state index in [9.17, 15) is 4.79 Å². The first kappa shape index (κ1) is 19.9. The molecular formula is C23H29N3O2. The molecule has 0 saturated heterocycles. The molecule has 0 aliphatic carbocycles. The van der Waals surface area contributed by atoms with Crippen molar-refractivity contribution < 1.29 is 9.53 Å². The summed E-state index contributed by atoms with van der Waals surface area (Å²) in [5.41, 5.74) is 3.35. The number of carbonyl (C=O) groups excluding carboxylic acids is 1. The van der Waals surface area contributed by atoms with E-state index < -0.39 is 0 Å². The minimum atomic E-state index is -0.137. The molecule has 1 aromatic heterocycles. The molecule has 1 heterocycles. The van der Waals surface area contributed by atoms with Crippen molar-refractivity contribution in [3.63, 3.8) is 0 Å². The van der Waals surface area contributed by atoms with Gasteiger partial charge in [0, 0.05) is 13.0 Å². The summed E-state index contributed by atoms with van der Waals surface area (Å²) in [5, 5.41) is 3.02. The number of fused-ring (bicyclic) bond motifs is 1. The number of aryl methyl sites for hydroxylation is 2. The molecule has 2 aromatic carbocycles. The fourth-order valence-electron chi connectivity index (χ4n) is 3.30. The molecule has 0 radical (unpaired) electrons. The summed E-state index contributed by atoms with van der Waals surface area (Å²) in [6.45, 7) is 7.40. The number of carbonyl (C=O) groups is 1. The van der Waals surface area contributed by atoms with Gasteiger partial charge < -0.3 is 14.6 Å². The van der Waals surface area contributed by atoms with Crippen LogP contribution in [-0.2, 0) is 17.8 Å². The quantitative estimate of drug-likeness (QED) is 0.550. The van der Waals surface area contributed by atoms with E-state index in [1.807, 2.05) is 44.2 Å². The highest BCUT2D eigenvalue weighted by Gasteiger charge is 2.17. The van der Waals surface area contributed by atoms with Crippen molar-refractivity contribution in [1.29, 1.82) is 0 Å². The van der Waals surface area contributed by atoms with Gasteiger partial charge in [0.15, 0.2) is 0 Å². The maximum atomic E-state index is 11.8. The van der Waals surface area contributed by atoms with Gasteiger partial charge in [0.2, 0.25) is 5.91 Å². The van der Waals surface area contributed by atoms with Gasteiger partial charge in [-0.2, -0.15) is 0 Å². The van der Waals surface area contributed by atoms with Gasteiger partial charge in [0.05, 0.1) is 23.7 Å². The summed E-state index contributed by atoms with van der Waals surface area (Å²) < 4.78 is 8.09. The Hall–Kier alpha value is -2.82. The number of hydrogen-bond acceptors (Lipinski definition) is 3. The third kappa shape index (κ3) is 4.71. The summed E-state index contributed by atoms with van der Waals surface area (Å²) in [6.07, 6.45) is 2.36. The highest BCUT2D eigenvalue weighted by atomic mass is 16.5. The number of hydrogen-bond donors (Lipinski definition) is 1. The van der Waals surface area contributed by atoms with Gasteiger partial charge in [-0.15, -0.1) is 0 Å². The average molecular weight is 380 g/mol. The van der Waals surface area contributed by atoms with Gasteiger partial charge >= 0.3 is 0 Å².